The average molecular weight is 178 g/mol. The lowest BCUT2D eigenvalue weighted by Gasteiger charge is -2.37. The summed E-state index contributed by atoms with van der Waals surface area (Å²) in [6.45, 7) is 4.22. The molecule has 1 unspecified atom stereocenters. The van der Waals surface area contributed by atoms with Gasteiger partial charge in [0.25, 0.3) is 0 Å². The Balaban J connectivity index is 2.90. The lowest BCUT2D eigenvalue weighted by Crippen LogP contribution is -2.36. The van der Waals surface area contributed by atoms with Crippen molar-refractivity contribution in [3.05, 3.63) is 0 Å². The van der Waals surface area contributed by atoms with Gasteiger partial charge in [-0.15, -0.1) is 0 Å². The third-order valence-corrected chi connectivity index (χ3v) is 2.68. The number of nitrogens with zero attached hydrogens (tertiary/aromatic N) is 2. The molecule has 0 heterocycles. The zero-order valence-corrected chi connectivity index (χ0v) is 8.13. The SMILES string of the molecule is CC1(C)CCCC(C#N)(N=C=O)C1. The van der Waals surface area contributed by atoms with Crippen molar-refractivity contribution in [3.8, 4) is 6.07 Å². The minimum absolute atomic E-state index is 0.119. The van der Waals surface area contributed by atoms with Crippen LogP contribution in [-0.2, 0) is 4.79 Å². The van der Waals surface area contributed by atoms with Gasteiger partial charge in [-0.2, -0.15) is 10.3 Å². The topological polar surface area (TPSA) is 53.2 Å². The molecule has 1 saturated carbocycles. The van der Waals surface area contributed by atoms with Crippen molar-refractivity contribution < 1.29 is 4.79 Å². The van der Waals surface area contributed by atoms with Crippen LogP contribution in [0.3, 0.4) is 0 Å². The van der Waals surface area contributed by atoms with Crippen molar-refractivity contribution in [2.24, 2.45) is 10.4 Å². The van der Waals surface area contributed by atoms with E-state index >= 15 is 0 Å². The van der Waals surface area contributed by atoms with Crippen LogP contribution in [-0.4, -0.2) is 11.6 Å². The van der Waals surface area contributed by atoms with Crippen LogP contribution in [0.4, 0.5) is 0 Å². The van der Waals surface area contributed by atoms with Gasteiger partial charge in [0.05, 0.1) is 6.07 Å². The molecule has 1 atom stereocenters. The first kappa shape index (κ1) is 9.95. The maximum atomic E-state index is 10.2. The summed E-state index contributed by atoms with van der Waals surface area (Å²) in [5.74, 6) is 0. The molecule has 1 aliphatic carbocycles. The lowest BCUT2D eigenvalue weighted by atomic mass is 9.69. The predicted octanol–water partition coefficient (Wildman–Crippen LogP) is 2.18. The first-order valence-corrected chi connectivity index (χ1v) is 4.54. The van der Waals surface area contributed by atoms with Crippen molar-refractivity contribution in [2.75, 3.05) is 0 Å². The molecule has 13 heavy (non-hydrogen) atoms. The fraction of sp³-hybridized carbons (Fsp3) is 0.800. The van der Waals surface area contributed by atoms with Gasteiger partial charge < -0.3 is 0 Å². The molecule has 1 fully saturated rings. The molecule has 70 valence electrons. The lowest BCUT2D eigenvalue weighted by molar-refractivity contribution is 0.187. The highest BCUT2D eigenvalue weighted by Crippen LogP contribution is 2.42. The second-order valence-electron chi connectivity index (χ2n) is 4.54. The highest BCUT2D eigenvalue weighted by atomic mass is 16.1. The van der Waals surface area contributed by atoms with E-state index in [2.05, 4.69) is 24.9 Å². The monoisotopic (exact) mass is 178 g/mol. The van der Waals surface area contributed by atoms with Crippen LogP contribution in [0.25, 0.3) is 0 Å². The number of rotatable bonds is 1. The molecule has 1 rings (SSSR count). The van der Waals surface area contributed by atoms with Gasteiger partial charge in [0.15, 0.2) is 5.54 Å². The normalized spacial score (nSPS) is 31.5. The number of aliphatic imine (C=N–C) groups is 1. The van der Waals surface area contributed by atoms with E-state index in [1.54, 1.807) is 0 Å². The van der Waals surface area contributed by atoms with Crippen LogP contribution in [0.1, 0.15) is 39.5 Å². The molecule has 0 spiro atoms. The molecule has 0 aliphatic heterocycles. The van der Waals surface area contributed by atoms with E-state index in [-0.39, 0.29) is 5.41 Å². The van der Waals surface area contributed by atoms with E-state index in [1.807, 2.05) is 0 Å². The van der Waals surface area contributed by atoms with E-state index in [0.717, 1.165) is 12.8 Å². The van der Waals surface area contributed by atoms with Crippen molar-refractivity contribution in [3.63, 3.8) is 0 Å². The summed E-state index contributed by atoms with van der Waals surface area (Å²) in [6.07, 6.45) is 4.95. The molecule has 0 radical (unpaired) electrons. The zero-order valence-electron chi connectivity index (χ0n) is 8.13. The first-order chi connectivity index (χ1) is 6.04. The van der Waals surface area contributed by atoms with Crippen LogP contribution < -0.4 is 0 Å². The molecule has 3 nitrogen and oxygen atoms in total. The molecule has 0 bridgehead atoms. The molecule has 0 amide bonds. The zero-order chi connectivity index (χ0) is 9.95. The number of hydrogen-bond acceptors (Lipinski definition) is 3. The van der Waals surface area contributed by atoms with Crippen LogP contribution in [0, 0.1) is 16.7 Å². The molecule has 0 saturated heterocycles. The summed E-state index contributed by atoms with van der Waals surface area (Å²) in [4.78, 5) is 13.9. The molecule has 1 aliphatic rings. The van der Waals surface area contributed by atoms with E-state index < -0.39 is 5.54 Å². The van der Waals surface area contributed by atoms with Crippen LogP contribution >= 0.6 is 0 Å². The second kappa shape index (κ2) is 3.32. The maximum absolute atomic E-state index is 10.2. The smallest absolute Gasteiger partial charge is 0.211 e. The van der Waals surface area contributed by atoms with Gasteiger partial charge in [0.2, 0.25) is 6.08 Å². The summed E-state index contributed by atoms with van der Waals surface area (Å²) in [7, 11) is 0. The standard InChI is InChI=1S/C10H14N2O/c1-9(2)4-3-5-10(6-9,7-11)12-8-13/h3-6H2,1-2H3. The molecule has 0 aromatic rings. The summed E-state index contributed by atoms with van der Waals surface area (Å²) in [5.41, 5.74) is -0.669. The maximum Gasteiger partial charge on any atom is 0.236 e. The van der Waals surface area contributed by atoms with Crippen LogP contribution in [0.15, 0.2) is 4.99 Å². The summed E-state index contributed by atoms with van der Waals surface area (Å²) < 4.78 is 0. The van der Waals surface area contributed by atoms with Crippen LogP contribution in [0.2, 0.25) is 0 Å². The average Bonchev–Trinajstić information content (AvgIpc) is 2.03. The fourth-order valence-electron chi connectivity index (χ4n) is 2.13. The number of isocyanates is 1. The largest absolute Gasteiger partial charge is 0.236 e. The Morgan fingerprint density at radius 3 is 2.54 bits per heavy atom. The molecular formula is C10H14N2O. The Hall–Kier alpha value is -1.13. The van der Waals surface area contributed by atoms with Gasteiger partial charge in [-0.1, -0.05) is 13.8 Å². The minimum Gasteiger partial charge on any atom is -0.211 e. The van der Waals surface area contributed by atoms with Crippen molar-refractivity contribution in [1.29, 1.82) is 5.26 Å². The van der Waals surface area contributed by atoms with Gasteiger partial charge in [0, 0.05) is 0 Å². The molecule has 0 aromatic carbocycles. The minimum atomic E-state index is -0.788. The highest BCUT2D eigenvalue weighted by Gasteiger charge is 2.40. The molecular weight excluding hydrogens is 164 g/mol. The number of carbonyl (C=O) groups excluding carboxylic acids is 1. The Morgan fingerprint density at radius 2 is 2.08 bits per heavy atom. The van der Waals surface area contributed by atoms with Crippen molar-refractivity contribution >= 4 is 6.08 Å². The van der Waals surface area contributed by atoms with Gasteiger partial charge in [0.1, 0.15) is 0 Å². The number of nitriles is 1. The van der Waals surface area contributed by atoms with Gasteiger partial charge >= 0.3 is 0 Å². The third-order valence-electron chi connectivity index (χ3n) is 2.68. The van der Waals surface area contributed by atoms with E-state index in [0.29, 0.717) is 12.8 Å². The summed E-state index contributed by atoms with van der Waals surface area (Å²) in [5, 5.41) is 8.98. The fourth-order valence-corrected chi connectivity index (χ4v) is 2.13. The van der Waals surface area contributed by atoms with E-state index in [4.69, 9.17) is 5.26 Å². The quantitative estimate of drug-likeness (QED) is 0.456. The summed E-state index contributed by atoms with van der Waals surface area (Å²) in [6, 6.07) is 2.14. The van der Waals surface area contributed by atoms with Gasteiger partial charge in [-0.05, 0) is 31.1 Å². The van der Waals surface area contributed by atoms with Gasteiger partial charge in [-0.3, -0.25) is 0 Å². The molecule has 0 N–H and O–H groups in total. The third kappa shape index (κ3) is 2.17. The predicted molar refractivity (Wildman–Crippen MR) is 48.7 cm³/mol. The summed E-state index contributed by atoms with van der Waals surface area (Å²) >= 11 is 0. The highest BCUT2D eigenvalue weighted by molar-refractivity contribution is 5.37. The Bertz CT molecular complexity index is 284. The van der Waals surface area contributed by atoms with Crippen molar-refractivity contribution in [2.45, 2.75) is 45.1 Å². The van der Waals surface area contributed by atoms with Crippen LogP contribution in [0.5, 0.6) is 0 Å². The Kier molecular flexibility index (Phi) is 2.54. The first-order valence-electron chi connectivity index (χ1n) is 4.54. The van der Waals surface area contributed by atoms with E-state index in [1.165, 1.54) is 6.08 Å². The van der Waals surface area contributed by atoms with Crippen molar-refractivity contribution in [1.82, 2.24) is 0 Å². The second-order valence-corrected chi connectivity index (χ2v) is 4.54. The van der Waals surface area contributed by atoms with Gasteiger partial charge in [-0.25, -0.2) is 4.79 Å². The number of hydrogen-bond donors (Lipinski definition) is 0. The Labute approximate surface area is 78.5 Å². The molecule has 0 aromatic heterocycles. The molecule has 3 heteroatoms. The van der Waals surface area contributed by atoms with E-state index in [9.17, 15) is 4.79 Å². The Morgan fingerprint density at radius 1 is 1.38 bits per heavy atom.